The molecule has 100 valence electrons. The number of amides is 1. The summed E-state index contributed by atoms with van der Waals surface area (Å²) in [5.41, 5.74) is 7.29. The summed E-state index contributed by atoms with van der Waals surface area (Å²) in [6, 6.07) is 2.71. The molecule has 0 atom stereocenters. The van der Waals surface area contributed by atoms with Crippen molar-refractivity contribution in [2.45, 2.75) is 20.4 Å². The number of nitrogens with two attached hydrogens (primary N) is 1. The van der Waals surface area contributed by atoms with Gasteiger partial charge in [0.2, 0.25) is 5.91 Å². The molecule has 0 aliphatic rings. The Hall–Kier alpha value is -1.95. The van der Waals surface area contributed by atoms with E-state index in [1.165, 1.54) is 11.3 Å². The molecular weight excluding hydrogens is 265 g/mol. The number of hydrogen-bond acceptors (Lipinski definition) is 4. The summed E-state index contributed by atoms with van der Waals surface area (Å²) in [6.07, 6.45) is 0. The zero-order valence-electron chi connectivity index (χ0n) is 10.7. The number of aryl methyl sites for hydroxylation is 1. The Morgan fingerprint density at radius 1 is 1.47 bits per heavy atom. The Bertz CT molecular complexity index is 624. The lowest BCUT2D eigenvalue weighted by molar-refractivity contribution is 0.1000. The van der Waals surface area contributed by atoms with E-state index in [1.807, 2.05) is 12.3 Å². The molecule has 0 unspecified atom stereocenters. The van der Waals surface area contributed by atoms with Crippen molar-refractivity contribution in [3.05, 3.63) is 45.2 Å². The molecule has 2 aromatic rings. The number of rotatable bonds is 4. The standard InChI is InChI=1S/C13H14FN3OS/c1-7-6-19-12(17-7)5-16-11-4-9(13(15)18)3-10(14)8(11)2/h3-4,6,16H,5H2,1-2H3,(H2,15,18). The first kappa shape index (κ1) is 13.5. The average Bonchev–Trinajstić information content (AvgIpc) is 2.76. The van der Waals surface area contributed by atoms with Crippen LogP contribution in [0.3, 0.4) is 0 Å². The topological polar surface area (TPSA) is 68.0 Å². The summed E-state index contributed by atoms with van der Waals surface area (Å²) in [4.78, 5) is 15.4. The van der Waals surface area contributed by atoms with Crippen LogP contribution in [-0.4, -0.2) is 10.9 Å². The summed E-state index contributed by atoms with van der Waals surface area (Å²) in [5, 5.41) is 5.93. The van der Waals surface area contributed by atoms with Crippen LogP contribution in [0.5, 0.6) is 0 Å². The average molecular weight is 279 g/mol. The van der Waals surface area contributed by atoms with E-state index in [-0.39, 0.29) is 5.56 Å². The fraction of sp³-hybridized carbons (Fsp3) is 0.231. The Morgan fingerprint density at radius 2 is 2.21 bits per heavy atom. The number of nitrogens with one attached hydrogen (secondary N) is 1. The van der Waals surface area contributed by atoms with Crippen LogP contribution < -0.4 is 11.1 Å². The van der Waals surface area contributed by atoms with Crippen LogP contribution in [-0.2, 0) is 6.54 Å². The third-order valence-electron chi connectivity index (χ3n) is 2.73. The van der Waals surface area contributed by atoms with Crippen LogP contribution in [0.4, 0.5) is 10.1 Å². The van der Waals surface area contributed by atoms with E-state index in [2.05, 4.69) is 10.3 Å². The maximum atomic E-state index is 13.7. The molecule has 0 bridgehead atoms. The highest BCUT2D eigenvalue weighted by atomic mass is 32.1. The molecule has 0 aliphatic heterocycles. The zero-order chi connectivity index (χ0) is 14.0. The van der Waals surface area contributed by atoms with Crippen molar-refractivity contribution >= 4 is 22.9 Å². The van der Waals surface area contributed by atoms with Gasteiger partial charge in [-0.25, -0.2) is 9.37 Å². The van der Waals surface area contributed by atoms with Crippen LogP contribution >= 0.6 is 11.3 Å². The second kappa shape index (κ2) is 5.36. The molecule has 1 aromatic heterocycles. The van der Waals surface area contributed by atoms with Crippen LogP contribution in [0.15, 0.2) is 17.5 Å². The number of nitrogens with zero attached hydrogens (tertiary/aromatic N) is 1. The lowest BCUT2D eigenvalue weighted by Crippen LogP contribution is -2.13. The predicted molar refractivity (Wildman–Crippen MR) is 73.8 cm³/mol. The molecule has 19 heavy (non-hydrogen) atoms. The van der Waals surface area contributed by atoms with Crippen molar-refractivity contribution in [2.24, 2.45) is 5.73 Å². The van der Waals surface area contributed by atoms with Gasteiger partial charge in [-0.1, -0.05) is 0 Å². The van der Waals surface area contributed by atoms with Gasteiger partial charge in [0, 0.05) is 27.9 Å². The molecule has 1 amide bonds. The minimum atomic E-state index is -0.646. The maximum Gasteiger partial charge on any atom is 0.248 e. The Balaban J connectivity index is 2.21. The quantitative estimate of drug-likeness (QED) is 0.904. The monoisotopic (exact) mass is 279 g/mol. The Kier molecular flexibility index (Phi) is 3.80. The first-order valence-corrected chi connectivity index (χ1v) is 6.60. The number of halogens is 1. The van der Waals surface area contributed by atoms with Gasteiger partial charge in [-0.05, 0) is 26.0 Å². The molecule has 2 rings (SSSR count). The van der Waals surface area contributed by atoms with Gasteiger partial charge in [0.15, 0.2) is 0 Å². The highest BCUT2D eigenvalue weighted by Gasteiger charge is 2.10. The number of aromatic nitrogens is 1. The van der Waals surface area contributed by atoms with Crippen molar-refractivity contribution in [2.75, 3.05) is 5.32 Å². The van der Waals surface area contributed by atoms with Gasteiger partial charge < -0.3 is 11.1 Å². The number of carbonyl (C=O) groups is 1. The molecule has 4 nitrogen and oxygen atoms in total. The van der Waals surface area contributed by atoms with Gasteiger partial charge >= 0.3 is 0 Å². The highest BCUT2D eigenvalue weighted by Crippen LogP contribution is 2.22. The first-order chi connectivity index (χ1) is 8.97. The lowest BCUT2D eigenvalue weighted by atomic mass is 10.1. The van der Waals surface area contributed by atoms with Crippen LogP contribution in [0, 0.1) is 19.7 Å². The Labute approximate surface area is 114 Å². The second-order valence-electron chi connectivity index (χ2n) is 4.23. The van der Waals surface area contributed by atoms with Gasteiger partial charge in [-0.3, -0.25) is 4.79 Å². The molecule has 1 heterocycles. The van der Waals surface area contributed by atoms with Gasteiger partial charge in [0.25, 0.3) is 0 Å². The third kappa shape index (κ3) is 3.08. The Morgan fingerprint density at radius 3 is 2.79 bits per heavy atom. The predicted octanol–water partition coefficient (Wildman–Crippen LogP) is 2.61. The van der Waals surface area contributed by atoms with E-state index < -0.39 is 11.7 Å². The van der Waals surface area contributed by atoms with Crippen LogP contribution in [0.25, 0.3) is 0 Å². The third-order valence-corrected chi connectivity index (χ3v) is 3.69. The SMILES string of the molecule is Cc1csc(CNc2cc(C(N)=O)cc(F)c2C)n1. The summed E-state index contributed by atoms with van der Waals surface area (Å²) in [5.74, 6) is -1.10. The maximum absolute atomic E-state index is 13.7. The molecule has 0 saturated carbocycles. The molecule has 1 aromatic carbocycles. The zero-order valence-corrected chi connectivity index (χ0v) is 11.5. The largest absolute Gasteiger partial charge is 0.378 e. The second-order valence-corrected chi connectivity index (χ2v) is 5.17. The molecule has 0 radical (unpaired) electrons. The van der Waals surface area contributed by atoms with E-state index >= 15 is 0 Å². The summed E-state index contributed by atoms with van der Waals surface area (Å²) < 4.78 is 13.7. The molecule has 0 saturated heterocycles. The van der Waals surface area contributed by atoms with Gasteiger partial charge in [-0.15, -0.1) is 11.3 Å². The van der Waals surface area contributed by atoms with Crippen molar-refractivity contribution in [1.82, 2.24) is 4.98 Å². The van der Waals surface area contributed by atoms with Crippen molar-refractivity contribution < 1.29 is 9.18 Å². The van der Waals surface area contributed by atoms with E-state index in [4.69, 9.17) is 5.73 Å². The molecular formula is C13H14FN3OS. The molecule has 6 heteroatoms. The molecule has 0 spiro atoms. The molecule has 3 N–H and O–H groups in total. The summed E-state index contributed by atoms with van der Waals surface area (Å²) in [7, 11) is 0. The minimum absolute atomic E-state index is 0.154. The number of benzene rings is 1. The first-order valence-electron chi connectivity index (χ1n) is 5.72. The summed E-state index contributed by atoms with van der Waals surface area (Å²) in [6.45, 7) is 4.05. The lowest BCUT2D eigenvalue weighted by Gasteiger charge is -2.10. The number of thiazole rings is 1. The smallest absolute Gasteiger partial charge is 0.248 e. The number of carbonyl (C=O) groups excluding carboxylic acids is 1. The normalized spacial score (nSPS) is 10.5. The van der Waals surface area contributed by atoms with E-state index in [1.54, 1.807) is 13.0 Å². The van der Waals surface area contributed by atoms with Gasteiger partial charge in [-0.2, -0.15) is 0 Å². The minimum Gasteiger partial charge on any atom is -0.378 e. The van der Waals surface area contributed by atoms with E-state index in [0.717, 1.165) is 16.8 Å². The van der Waals surface area contributed by atoms with Crippen LogP contribution in [0.2, 0.25) is 0 Å². The fourth-order valence-corrected chi connectivity index (χ4v) is 2.37. The molecule has 0 aliphatic carbocycles. The van der Waals surface area contributed by atoms with Gasteiger partial charge in [0.1, 0.15) is 10.8 Å². The highest BCUT2D eigenvalue weighted by molar-refractivity contribution is 7.09. The number of anilines is 1. The van der Waals surface area contributed by atoms with E-state index in [0.29, 0.717) is 17.8 Å². The van der Waals surface area contributed by atoms with Gasteiger partial charge in [0.05, 0.1) is 6.54 Å². The van der Waals surface area contributed by atoms with Crippen molar-refractivity contribution in [1.29, 1.82) is 0 Å². The number of hydrogen-bond donors (Lipinski definition) is 2. The molecule has 0 fully saturated rings. The van der Waals surface area contributed by atoms with E-state index in [9.17, 15) is 9.18 Å². The fourth-order valence-electron chi connectivity index (χ4n) is 1.66. The number of primary amides is 1. The van der Waals surface area contributed by atoms with Crippen LogP contribution in [0.1, 0.15) is 26.6 Å². The van der Waals surface area contributed by atoms with Crippen molar-refractivity contribution in [3.63, 3.8) is 0 Å². The summed E-state index contributed by atoms with van der Waals surface area (Å²) >= 11 is 1.53. The van der Waals surface area contributed by atoms with Crippen molar-refractivity contribution in [3.8, 4) is 0 Å².